The van der Waals surface area contributed by atoms with E-state index in [1.165, 1.54) is 4.90 Å². The van der Waals surface area contributed by atoms with Crippen LogP contribution in [0.15, 0.2) is 54.6 Å². The van der Waals surface area contributed by atoms with Gasteiger partial charge < -0.3 is 36.2 Å². The van der Waals surface area contributed by atoms with Crippen LogP contribution in [0.2, 0.25) is 0 Å². The third kappa shape index (κ3) is 9.87. The Hall–Kier alpha value is -3.96. The van der Waals surface area contributed by atoms with E-state index in [-0.39, 0.29) is 50.6 Å². The van der Waals surface area contributed by atoms with E-state index in [4.69, 9.17) is 10.5 Å². The number of benzene rings is 2. The van der Waals surface area contributed by atoms with Gasteiger partial charge in [0.05, 0.1) is 12.6 Å². The highest BCUT2D eigenvalue weighted by molar-refractivity contribution is 5.92. The molecule has 0 spiro atoms. The van der Waals surface area contributed by atoms with Gasteiger partial charge in [0.1, 0.15) is 24.4 Å². The number of aromatic hydroxyl groups is 1. The van der Waals surface area contributed by atoms with Crippen LogP contribution in [0.3, 0.4) is 0 Å². The average molecular weight is 569 g/mol. The molecular formula is C30H40N4O7. The van der Waals surface area contributed by atoms with Crippen LogP contribution in [-0.4, -0.2) is 82.7 Å². The standard InChI is InChI=1S/C30H40N4O7/c1-19(2)14-24(30(39)40)33-29(38)25(16-20-6-4-3-5-7-20)34-13-12-26(41-18-27(36)32-17-28(34)37)23(31)15-21-8-10-22(35)11-9-21/h3-11,19,23-26,35H,12-18,31H2,1-2H3,(H,32,36)(H,33,38)(H,39,40)/t23-,24-,25-,26-/m0/s1. The van der Waals surface area contributed by atoms with Crippen molar-refractivity contribution < 1.29 is 34.1 Å². The fraction of sp³-hybridized carbons (Fsp3) is 0.467. The van der Waals surface area contributed by atoms with Gasteiger partial charge in [0.25, 0.3) is 0 Å². The number of carbonyl (C=O) groups excluding carboxylic acids is 3. The molecule has 11 nitrogen and oxygen atoms in total. The quantitative estimate of drug-likeness (QED) is 0.269. The second-order valence-corrected chi connectivity index (χ2v) is 10.8. The zero-order chi connectivity index (χ0) is 29.9. The Balaban J connectivity index is 1.88. The molecule has 2 aromatic rings. The van der Waals surface area contributed by atoms with Crippen LogP contribution in [-0.2, 0) is 36.8 Å². The molecule has 1 saturated heterocycles. The highest BCUT2D eigenvalue weighted by Gasteiger charge is 2.34. The van der Waals surface area contributed by atoms with Crippen LogP contribution in [0.1, 0.15) is 37.8 Å². The highest BCUT2D eigenvalue weighted by Crippen LogP contribution is 2.18. The van der Waals surface area contributed by atoms with Gasteiger partial charge in [-0.1, -0.05) is 56.3 Å². The number of carboxylic acids is 1. The maximum absolute atomic E-state index is 13.7. The molecule has 2 aromatic carbocycles. The van der Waals surface area contributed by atoms with E-state index in [1.807, 2.05) is 44.2 Å². The summed E-state index contributed by atoms with van der Waals surface area (Å²) in [6.45, 7) is 3.21. The zero-order valence-corrected chi connectivity index (χ0v) is 23.5. The lowest BCUT2D eigenvalue weighted by Crippen LogP contribution is -2.57. The van der Waals surface area contributed by atoms with Crippen molar-refractivity contribution in [3.8, 4) is 5.75 Å². The molecule has 0 aromatic heterocycles. The van der Waals surface area contributed by atoms with Crippen molar-refractivity contribution in [3.63, 3.8) is 0 Å². The molecule has 0 bridgehead atoms. The zero-order valence-electron chi connectivity index (χ0n) is 23.5. The van der Waals surface area contributed by atoms with Gasteiger partial charge in [0.2, 0.25) is 17.7 Å². The van der Waals surface area contributed by atoms with E-state index in [2.05, 4.69) is 10.6 Å². The molecule has 222 valence electrons. The van der Waals surface area contributed by atoms with Gasteiger partial charge in [0, 0.05) is 19.0 Å². The summed E-state index contributed by atoms with van der Waals surface area (Å²) in [5.41, 5.74) is 8.14. The molecule has 41 heavy (non-hydrogen) atoms. The van der Waals surface area contributed by atoms with Crippen LogP contribution in [0.5, 0.6) is 5.75 Å². The van der Waals surface area contributed by atoms with Gasteiger partial charge in [-0.2, -0.15) is 0 Å². The lowest BCUT2D eigenvalue weighted by molar-refractivity contribution is -0.146. The second-order valence-electron chi connectivity index (χ2n) is 10.8. The molecule has 0 saturated carbocycles. The summed E-state index contributed by atoms with van der Waals surface area (Å²) < 4.78 is 5.87. The summed E-state index contributed by atoms with van der Waals surface area (Å²) in [4.78, 5) is 52.8. The summed E-state index contributed by atoms with van der Waals surface area (Å²) >= 11 is 0. The summed E-state index contributed by atoms with van der Waals surface area (Å²) in [5, 5.41) is 24.5. The third-order valence-corrected chi connectivity index (χ3v) is 7.00. The van der Waals surface area contributed by atoms with E-state index < -0.39 is 47.9 Å². The summed E-state index contributed by atoms with van der Waals surface area (Å²) in [6, 6.07) is 13.0. The summed E-state index contributed by atoms with van der Waals surface area (Å²) in [5.74, 6) is -2.57. The number of nitrogens with two attached hydrogens (primary N) is 1. The number of ether oxygens (including phenoxy) is 1. The predicted molar refractivity (Wildman–Crippen MR) is 152 cm³/mol. The van der Waals surface area contributed by atoms with E-state index in [0.29, 0.717) is 6.42 Å². The molecule has 1 aliphatic rings. The molecule has 0 aliphatic carbocycles. The monoisotopic (exact) mass is 568 g/mol. The van der Waals surface area contributed by atoms with Gasteiger partial charge in [-0.05, 0) is 48.4 Å². The van der Waals surface area contributed by atoms with Gasteiger partial charge in [-0.25, -0.2) is 4.79 Å². The first-order valence-corrected chi connectivity index (χ1v) is 13.8. The van der Waals surface area contributed by atoms with Gasteiger partial charge in [-0.3, -0.25) is 14.4 Å². The number of phenolic OH excluding ortho intramolecular Hbond substituents is 1. The van der Waals surface area contributed by atoms with Crippen molar-refractivity contribution in [2.75, 3.05) is 19.7 Å². The van der Waals surface area contributed by atoms with E-state index in [0.717, 1.165) is 11.1 Å². The molecule has 4 atom stereocenters. The number of phenols is 1. The molecule has 1 fully saturated rings. The maximum atomic E-state index is 13.7. The fourth-order valence-electron chi connectivity index (χ4n) is 4.83. The van der Waals surface area contributed by atoms with Crippen molar-refractivity contribution in [3.05, 3.63) is 65.7 Å². The van der Waals surface area contributed by atoms with Crippen LogP contribution in [0.25, 0.3) is 0 Å². The molecule has 11 heteroatoms. The van der Waals surface area contributed by atoms with Crippen LogP contribution >= 0.6 is 0 Å². The number of nitrogens with zero attached hydrogens (tertiary/aromatic N) is 1. The number of carboxylic acid groups (broad SMARTS) is 1. The average Bonchev–Trinajstić information content (AvgIpc) is 2.93. The highest BCUT2D eigenvalue weighted by atomic mass is 16.5. The normalized spacial score (nSPS) is 18.7. The Morgan fingerprint density at radius 1 is 1.07 bits per heavy atom. The topological polar surface area (TPSA) is 171 Å². The number of nitrogens with one attached hydrogen (secondary N) is 2. The van der Waals surface area contributed by atoms with Crippen molar-refractivity contribution >= 4 is 23.7 Å². The van der Waals surface area contributed by atoms with E-state index in [1.54, 1.807) is 24.3 Å². The third-order valence-electron chi connectivity index (χ3n) is 7.00. The predicted octanol–water partition coefficient (Wildman–Crippen LogP) is 1.22. The van der Waals surface area contributed by atoms with Crippen LogP contribution in [0, 0.1) is 5.92 Å². The number of amides is 3. The Morgan fingerprint density at radius 3 is 2.37 bits per heavy atom. The Morgan fingerprint density at radius 2 is 1.73 bits per heavy atom. The molecule has 0 unspecified atom stereocenters. The molecule has 3 rings (SSSR count). The van der Waals surface area contributed by atoms with E-state index in [9.17, 15) is 29.4 Å². The molecule has 0 radical (unpaired) electrons. The minimum Gasteiger partial charge on any atom is -0.508 e. The molecule has 1 heterocycles. The molecular weight excluding hydrogens is 528 g/mol. The summed E-state index contributed by atoms with van der Waals surface area (Å²) in [6.07, 6.45) is 0.377. The molecule has 1 aliphatic heterocycles. The summed E-state index contributed by atoms with van der Waals surface area (Å²) in [7, 11) is 0. The minimum atomic E-state index is -1.15. The van der Waals surface area contributed by atoms with Crippen molar-refractivity contribution in [1.29, 1.82) is 0 Å². The van der Waals surface area contributed by atoms with Crippen molar-refractivity contribution in [2.24, 2.45) is 11.7 Å². The Kier molecular flexibility index (Phi) is 11.7. The number of aliphatic carboxylic acids is 1. The largest absolute Gasteiger partial charge is 0.508 e. The first-order valence-electron chi connectivity index (χ1n) is 13.8. The second kappa shape index (κ2) is 15.2. The smallest absolute Gasteiger partial charge is 0.326 e. The maximum Gasteiger partial charge on any atom is 0.326 e. The Bertz CT molecular complexity index is 1170. The van der Waals surface area contributed by atoms with Crippen molar-refractivity contribution in [1.82, 2.24) is 15.5 Å². The van der Waals surface area contributed by atoms with Gasteiger partial charge in [0.15, 0.2) is 0 Å². The number of carbonyl (C=O) groups is 4. The molecule has 3 amide bonds. The van der Waals surface area contributed by atoms with Crippen LogP contribution in [0.4, 0.5) is 0 Å². The number of hydrogen-bond acceptors (Lipinski definition) is 7. The fourth-order valence-corrected chi connectivity index (χ4v) is 4.83. The lowest BCUT2D eigenvalue weighted by atomic mass is 9.98. The minimum absolute atomic E-state index is 0.0164. The van der Waals surface area contributed by atoms with Gasteiger partial charge >= 0.3 is 5.97 Å². The number of rotatable bonds is 11. The first kappa shape index (κ1) is 31.6. The van der Waals surface area contributed by atoms with Gasteiger partial charge in [-0.15, -0.1) is 0 Å². The van der Waals surface area contributed by atoms with Crippen LogP contribution < -0.4 is 16.4 Å². The number of hydrogen-bond donors (Lipinski definition) is 5. The van der Waals surface area contributed by atoms with Crippen molar-refractivity contribution in [2.45, 2.75) is 63.8 Å². The first-order chi connectivity index (χ1) is 19.5. The SMILES string of the molecule is CC(C)C[C@H](NC(=O)[C@H](Cc1ccccc1)N1CC[C@@H]([C@@H](N)Cc2ccc(O)cc2)OCC(=O)NCC1=O)C(=O)O. The lowest BCUT2D eigenvalue weighted by Gasteiger charge is -2.35. The molecule has 6 N–H and O–H groups in total. The van der Waals surface area contributed by atoms with E-state index >= 15 is 0 Å². The Labute approximate surface area is 240 Å².